The Morgan fingerprint density at radius 3 is 1.87 bits per heavy atom. The Morgan fingerprint density at radius 1 is 0.806 bits per heavy atom. The highest BCUT2D eigenvalue weighted by atomic mass is 16.4. The van der Waals surface area contributed by atoms with Gasteiger partial charge in [-0.2, -0.15) is 0 Å². The van der Waals surface area contributed by atoms with Crippen LogP contribution in [0.15, 0.2) is 0 Å². The Labute approximate surface area is 181 Å². The minimum Gasteiger partial charge on any atom is -0.481 e. The number of carboxylic acids is 2. The van der Waals surface area contributed by atoms with Crippen LogP contribution in [-0.2, 0) is 24.0 Å². The molecule has 12 nitrogen and oxygen atoms in total. The number of unbranched alkanes of at least 4 members (excludes halogenated alkanes) is 1. The summed E-state index contributed by atoms with van der Waals surface area (Å²) in [6, 6.07) is -3.40. The molecule has 0 aromatic rings. The van der Waals surface area contributed by atoms with Crippen LogP contribution in [0, 0.1) is 5.92 Å². The lowest BCUT2D eigenvalue weighted by Gasteiger charge is -2.25. The molecule has 0 saturated carbocycles. The summed E-state index contributed by atoms with van der Waals surface area (Å²) in [5.41, 5.74) is 10.6. The zero-order valence-electron chi connectivity index (χ0n) is 18.1. The largest absolute Gasteiger partial charge is 0.481 e. The predicted octanol–water partition coefficient (Wildman–Crippen LogP) is -1.48. The average Bonchev–Trinajstić information content (AvgIpc) is 2.68. The van der Waals surface area contributed by atoms with Gasteiger partial charge in [0.15, 0.2) is 0 Å². The topological polar surface area (TPSA) is 214 Å². The first-order chi connectivity index (χ1) is 14.5. The van der Waals surface area contributed by atoms with Crippen LogP contribution in [0.5, 0.6) is 0 Å². The Balaban J connectivity index is 5.32. The molecule has 0 aromatic heterocycles. The summed E-state index contributed by atoms with van der Waals surface area (Å²) >= 11 is 0. The molecule has 9 N–H and O–H groups in total. The van der Waals surface area contributed by atoms with E-state index in [1.54, 1.807) is 0 Å². The standard InChI is InChI=1S/C19H35N5O7/c1-11(2)9-14(18(29)23-13(19(30)31)5-3-4-8-20)24-17(28)12(6-7-16(26)27)22-15(25)10-21/h11-14H,3-10,20-21H2,1-2H3,(H,22,25)(H,23,29)(H,24,28)(H,26,27)(H,30,31). The van der Waals surface area contributed by atoms with E-state index in [0.29, 0.717) is 19.4 Å². The molecule has 178 valence electrons. The first kappa shape index (κ1) is 28.3. The van der Waals surface area contributed by atoms with Gasteiger partial charge in [0.05, 0.1) is 6.54 Å². The molecule has 0 spiro atoms. The summed E-state index contributed by atoms with van der Waals surface area (Å²) in [4.78, 5) is 59.3. The number of hydrogen-bond donors (Lipinski definition) is 7. The van der Waals surface area contributed by atoms with Crippen molar-refractivity contribution < 1.29 is 34.2 Å². The van der Waals surface area contributed by atoms with Gasteiger partial charge in [-0.25, -0.2) is 4.79 Å². The Morgan fingerprint density at radius 2 is 1.39 bits per heavy atom. The number of hydrogen-bond acceptors (Lipinski definition) is 7. The lowest BCUT2D eigenvalue weighted by molar-refractivity contribution is -0.142. The highest BCUT2D eigenvalue weighted by Gasteiger charge is 2.30. The molecule has 0 aromatic carbocycles. The zero-order valence-corrected chi connectivity index (χ0v) is 18.1. The maximum atomic E-state index is 12.7. The van der Waals surface area contributed by atoms with Crippen LogP contribution >= 0.6 is 0 Å². The monoisotopic (exact) mass is 445 g/mol. The smallest absolute Gasteiger partial charge is 0.326 e. The molecule has 3 unspecified atom stereocenters. The SMILES string of the molecule is CC(C)CC(NC(=O)C(CCC(=O)O)NC(=O)CN)C(=O)NC(CCCCN)C(=O)O. The van der Waals surface area contributed by atoms with Gasteiger partial charge in [0.2, 0.25) is 17.7 Å². The van der Waals surface area contributed by atoms with Gasteiger partial charge in [0.25, 0.3) is 0 Å². The van der Waals surface area contributed by atoms with Crippen LogP contribution in [0.25, 0.3) is 0 Å². The van der Waals surface area contributed by atoms with Crippen molar-refractivity contribution >= 4 is 29.7 Å². The van der Waals surface area contributed by atoms with Crippen molar-refractivity contribution in [2.75, 3.05) is 13.1 Å². The third-order valence-electron chi connectivity index (χ3n) is 4.39. The molecule has 0 heterocycles. The second-order valence-electron chi connectivity index (χ2n) is 7.63. The fourth-order valence-electron chi connectivity index (χ4n) is 2.79. The Bertz CT molecular complexity index is 627. The predicted molar refractivity (Wildman–Crippen MR) is 112 cm³/mol. The summed E-state index contributed by atoms with van der Waals surface area (Å²) in [7, 11) is 0. The van der Waals surface area contributed by atoms with E-state index in [9.17, 15) is 29.1 Å². The van der Waals surface area contributed by atoms with Crippen molar-refractivity contribution in [3.05, 3.63) is 0 Å². The van der Waals surface area contributed by atoms with Gasteiger partial charge in [0, 0.05) is 6.42 Å². The average molecular weight is 446 g/mol. The van der Waals surface area contributed by atoms with Gasteiger partial charge < -0.3 is 37.6 Å². The molecule has 3 amide bonds. The first-order valence-corrected chi connectivity index (χ1v) is 10.3. The summed E-state index contributed by atoms with van der Waals surface area (Å²) in [6.07, 6.45) is 0.943. The van der Waals surface area contributed by atoms with Gasteiger partial charge in [0.1, 0.15) is 18.1 Å². The van der Waals surface area contributed by atoms with Gasteiger partial charge in [-0.15, -0.1) is 0 Å². The zero-order chi connectivity index (χ0) is 24.0. The van der Waals surface area contributed by atoms with E-state index >= 15 is 0 Å². The lowest BCUT2D eigenvalue weighted by atomic mass is 10.0. The van der Waals surface area contributed by atoms with Crippen molar-refractivity contribution in [3.8, 4) is 0 Å². The molecule has 12 heteroatoms. The van der Waals surface area contributed by atoms with Crippen LogP contribution in [0.3, 0.4) is 0 Å². The van der Waals surface area contributed by atoms with Crippen LogP contribution in [0.1, 0.15) is 52.4 Å². The number of aliphatic carboxylic acids is 2. The quantitative estimate of drug-likeness (QED) is 0.138. The van der Waals surface area contributed by atoms with Crippen molar-refractivity contribution in [2.24, 2.45) is 17.4 Å². The Kier molecular flexibility index (Phi) is 13.8. The number of nitrogens with one attached hydrogen (secondary N) is 3. The van der Waals surface area contributed by atoms with Gasteiger partial charge in [-0.05, 0) is 44.6 Å². The number of carboxylic acid groups (broad SMARTS) is 2. The molecule has 31 heavy (non-hydrogen) atoms. The summed E-state index contributed by atoms with van der Waals surface area (Å²) in [5.74, 6) is -4.45. The van der Waals surface area contributed by atoms with E-state index in [1.165, 1.54) is 0 Å². The number of rotatable bonds is 16. The molecule has 0 bridgehead atoms. The van der Waals surface area contributed by atoms with Crippen molar-refractivity contribution in [1.82, 2.24) is 16.0 Å². The lowest BCUT2D eigenvalue weighted by Crippen LogP contribution is -2.56. The van der Waals surface area contributed by atoms with Crippen molar-refractivity contribution in [3.63, 3.8) is 0 Å². The summed E-state index contributed by atoms with van der Waals surface area (Å²) in [6.45, 7) is 3.65. The van der Waals surface area contributed by atoms with Gasteiger partial charge in [-0.3, -0.25) is 19.2 Å². The maximum Gasteiger partial charge on any atom is 0.326 e. The van der Waals surface area contributed by atoms with E-state index in [0.717, 1.165) is 0 Å². The fourth-order valence-corrected chi connectivity index (χ4v) is 2.79. The molecule has 0 aliphatic carbocycles. The third kappa shape index (κ3) is 12.5. The van der Waals surface area contributed by atoms with E-state index in [2.05, 4.69) is 16.0 Å². The van der Waals surface area contributed by atoms with E-state index < -0.39 is 54.3 Å². The number of carbonyl (C=O) groups is 5. The number of carbonyl (C=O) groups excluding carboxylic acids is 3. The molecule has 0 rings (SSSR count). The van der Waals surface area contributed by atoms with Crippen LogP contribution in [0.2, 0.25) is 0 Å². The number of nitrogens with two attached hydrogens (primary N) is 2. The molecule has 0 fully saturated rings. The summed E-state index contributed by atoms with van der Waals surface area (Å²) < 4.78 is 0. The second-order valence-corrected chi connectivity index (χ2v) is 7.63. The molecule has 0 saturated heterocycles. The maximum absolute atomic E-state index is 12.7. The normalized spacial score (nSPS) is 13.7. The van der Waals surface area contributed by atoms with Gasteiger partial charge in [-0.1, -0.05) is 13.8 Å². The minimum absolute atomic E-state index is 0.0207. The first-order valence-electron chi connectivity index (χ1n) is 10.3. The van der Waals surface area contributed by atoms with Crippen molar-refractivity contribution in [2.45, 2.75) is 70.5 Å². The second kappa shape index (κ2) is 15.1. The van der Waals surface area contributed by atoms with Gasteiger partial charge >= 0.3 is 11.9 Å². The van der Waals surface area contributed by atoms with Crippen LogP contribution < -0.4 is 27.4 Å². The third-order valence-corrected chi connectivity index (χ3v) is 4.39. The molecular formula is C19H35N5O7. The van der Waals surface area contributed by atoms with Crippen LogP contribution in [0.4, 0.5) is 0 Å². The van der Waals surface area contributed by atoms with Crippen molar-refractivity contribution in [1.29, 1.82) is 0 Å². The fraction of sp³-hybridized carbons (Fsp3) is 0.737. The molecule has 0 aliphatic heterocycles. The minimum atomic E-state index is -1.20. The molecule has 0 radical (unpaired) electrons. The molecule has 0 aliphatic rings. The summed E-state index contributed by atoms with van der Waals surface area (Å²) in [5, 5.41) is 25.5. The van der Waals surface area contributed by atoms with Crippen LogP contribution in [-0.4, -0.2) is 71.1 Å². The van der Waals surface area contributed by atoms with E-state index in [1.807, 2.05) is 13.8 Å². The molecular weight excluding hydrogens is 410 g/mol. The van der Waals surface area contributed by atoms with E-state index in [-0.39, 0.29) is 31.6 Å². The number of amides is 3. The Hall–Kier alpha value is -2.73. The highest BCUT2D eigenvalue weighted by molar-refractivity contribution is 5.93. The highest BCUT2D eigenvalue weighted by Crippen LogP contribution is 2.09. The van der Waals surface area contributed by atoms with E-state index in [4.69, 9.17) is 16.6 Å². The molecule has 3 atom stereocenters.